The number of rotatable bonds is 1. The lowest BCUT2D eigenvalue weighted by Crippen LogP contribution is -1.91. The lowest BCUT2D eigenvalue weighted by Gasteiger charge is -2.09. The van der Waals surface area contributed by atoms with Crippen molar-refractivity contribution in [2.75, 3.05) is 5.73 Å². The molecule has 0 aliphatic heterocycles. The lowest BCUT2D eigenvalue weighted by atomic mass is 9.98. The van der Waals surface area contributed by atoms with Gasteiger partial charge in [0.15, 0.2) is 0 Å². The van der Waals surface area contributed by atoms with Gasteiger partial charge in [-0.25, -0.2) is 0 Å². The summed E-state index contributed by atoms with van der Waals surface area (Å²) in [6.07, 6.45) is 0. The molecule has 1 heterocycles. The largest absolute Gasteiger partial charge is 0.456 e. The first kappa shape index (κ1) is 13.2. The third-order valence-electron chi connectivity index (χ3n) is 4.66. The Morgan fingerprint density at radius 1 is 0.625 bits per heavy atom. The topological polar surface area (TPSA) is 39.2 Å². The van der Waals surface area contributed by atoms with E-state index < -0.39 is 0 Å². The van der Waals surface area contributed by atoms with Crippen LogP contribution in [0, 0.1) is 0 Å². The molecule has 0 fully saturated rings. The van der Waals surface area contributed by atoms with Gasteiger partial charge in [-0.3, -0.25) is 0 Å². The zero-order valence-electron chi connectivity index (χ0n) is 13.0. The molecule has 0 saturated carbocycles. The van der Waals surface area contributed by atoms with Gasteiger partial charge in [0.2, 0.25) is 0 Å². The third-order valence-corrected chi connectivity index (χ3v) is 4.66. The van der Waals surface area contributed by atoms with Gasteiger partial charge in [0.1, 0.15) is 11.2 Å². The average molecular weight is 309 g/mol. The summed E-state index contributed by atoms with van der Waals surface area (Å²) in [5.41, 5.74) is 11.2. The van der Waals surface area contributed by atoms with Crippen molar-refractivity contribution < 1.29 is 4.42 Å². The van der Waals surface area contributed by atoms with Gasteiger partial charge in [0.25, 0.3) is 0 Å². The van der Waals surface area contributed by atoms with Crippen molar-refractivity contribution in [1.29, 1.82) is 0 Å². The first-order valence-electron chi connectivity index (χ1n) is 8.00. The minimum Gasteiger partial charge on any atom is -0.456 e. The molecule has 0 amide bonds. The fourth-order valence-electron chi connectivity index (χ4n) is 3.44. The highest BCUT2D eigenvalue weighted by atomic mass is 16.3. The maximum atomic E-state index is 6.44. The van der Waals surface area contributed by atoms with Crippen LogP contribution in [-0.2, 0) is 0 Å². The van der Waals surface area contributed by atoms with Gasteiger partial charge in [0, 0.05) is 27.4 Å². The van der Waals surface area contributed by atoms with E-state index >= 15 is 0 Å². The van der Waals surface area contributed by atoms with Crippen LogP contribution in [0.1, 0.15) is 0 Å². The van der Waals surface area contributed by atoms with E-state index in [1.54, 1.807) is 0 Å². The Morgan fingerprint density at radius 2 is 1.38 bits per heavy atom. The Balaban J connectivity index is 1.77. The number of hydrogen-bond donors (Lipinski definition) is 1. The molecule has 0 atom stereocenters. The molecule has 2 nitrogen and oxygen atoms in total. The van der Waals surface area contributed by atoms with Crippen LogP contribution >= 0.6 is 0 Å². The molecular weight excluding hydrogens is 294 g/mol. The number of fused-ring (bicyclic) bond motifs is 4. The number of hydrogen-bond acceptors (Lipinski definition) is 2. The summed E-state index contributed by atoms with van der Waals surface area (Å²) in [7, 11) is 0. The van der Waals surface area contributed by atoms with Crippen LogP contribution in [0.4, 0.5) is 5.69 Å². The van der Waals surface area contributed by atoms with Crippen LogP contribution in [-0.4, -0.2) is 0 Å². The van der Waals surface area contributed by atoms with E-state index in [2.05, 4.69) is 48.5 Å². The first-order valence-corrected chi connectivity index (χ1v) is 8.00. The van der Waals surface area contributed by atoms with Crippen molar-refractivity contribution in [1.82, 2.24) is 0 Å². The van der Waals surface area contributed by atoms with E-state index in [1.165, 1.54) is 0 Å². The second kappa shape index (κ2) is 4.87. The van der Waals surface area contributed by atoms with E-state index in [9.17, 15) is 0 Å². The minimum absolute atomic E-state index is 0.809. The molecule has 2 heteroatoms. The highest BCUT2D eigenvalue weighted by molar-refractivity contribution is 6.07. The molecule has 0 saturated heterocycles. The van der Waals surface area contributed by atoms with Gasteiger partial charge in [-0.05, 0) is 29.1 Å². The molecular formula is C22H15NO. The normalized spacial score (nSPS) is 11.5. The van der Waals surface area contributed by atoms with Gasteiger partial charge in [0.05, 0.1) is 0 Å². The summed E-state index contributed by atoms with van der Waals surface area (Å²) in [5.74, 6) is 0. The van der Waals surface area contributed by atoms with Crippen molar-refractivity contribution >= 4 is 38.4 Å². The van der Waals surface area contributed by atoms with Crippen molar-refractivity contribution in [3.63, 3.8) is 0 Å². The number of furan rings is 1. The monoisotopic (exact) mass is 309 g/mol. The van der Waals surface area contributed by atoms with E-state index in [0.717, 1.165) is 49.5 Å². The molecule has 114 valence electrons. The van der Waals surface area contributed by atoms with Gasteiger partial charge in [-0.1, -0.05) is 60.7 Å². The van der Waals surface area contributed by atoms with Gasteiger partial charge in [-0.2, -0.15) is 0 Å². The minimum atomic E-state index is 0.809. The summed E-state index contributed by atoms with van der Waals surface area (Å²) in [5, 5.41) is 4.52. The highest BCUT2D eigenvalue weighted by Gasteiger charge is 2.10. The van der Waals surface area contributed by atoms with Crippen LogP contribution in [0.5, 0.6) is 0 Å². The molecule has 0 unspecified atom stereocenters. The highest BCUT2D eigenvalue weighted by Crippen LogP contribution is 2.36. The predicted molar refractivity (Wildman–Crippen MR) is 101 cm³/mol. The van der Waals surface area contributed by atoms with E-state index in [0.29, 0.717) is 0 Å². The van der Waals surface area contributed by atoms with E-state index in [4.69, 9.17) is 10.2 Å². The lowest BCUT2D eigenvalue weighted by molar-refractivity contribution is 0.669. The molecule has 5 aromatic rings. The van der Waals surface area contributed by atoms with Gasteiger partial charge < -0.3 is 10.2 Å². The smallest absolute Gasteiger partial charge is 0.136 e. The number of nitrogen functional groups attached to an aromatic ring is 1. The summed E-state index contributed by atoms with van der Waals surface area (Å²) >= 11 is 0. The molecule has 0 radical (unpaired) electrons. The maximum Gasteiger partial charge on any atom is 0.136 e. The van der Waals surface area contributed by atoms with Gasteiger partial charge in [-0.15, -0.1) is 0 Å². The van der Waals surface area contributed by atoms with Crippen LogP contribution in [0.15, 0.2) is 83.3 Å². The van der Waals surface area contributed by atoms with E-state index in [1.807, 2.05) is 30.3 Å². The summed E-state index contributed by atoms with van der Waals surface area (Å²) in [6, 6.07) is 26.8. The van der Waals surface area contributed by atoms with Crippen LogP contribution in [0.25, 0.3) is 43.8 Å². The van der Waals surface area contributed by atoms with Crippen molar-refractivity contribution in [3.8, 4) is 11.1 Å². The Morgan fingerprint density at radius 3 is 2.29 bits per heavy atom. The molecule has 0 spiro atoms. The second-order valence-corrected chi connectivity index (χ2v) is 6.06. The van der Waals surface area contributed by atoms with E-state index in [-0.39, 0.29) is 0 Å². The SMILES string of the molecule is Nc1c(-c2ccc3c(c2)oc2ccccc23)ccc2ccccc12. The molecule has 2 N–H and O–H groups in total. The maximum absolute atomic E-state index is 6.44. The number of benzene rings is 4. The summed E-state index contributed by atoms with van der Waals surface area (Å²) in [4.78, 5) is 0. The zero-order chi connectivity index (χ0) is 16.1. The Hall–Kier alpha value is -3.26. The van der Waals surface area contributed by atoms with Crippen molar-refractivity contribution in [3.05, 3.63) is 78.9 Å². The molecule has 24 heavy (non-hydrogen) atoms. The molecule has 0 aliphatic carbocycles. The summed E-state index contributed by atoms with van der Waals surface area (Å²) in [6.45, 7) is 0. The Labute approximate surface area is 139 Å². The van der Waals surface area contributed by atoms with Gasteiger partial charge >= 0.3 is 0 Å². The standard InChI is InChI=1S/C22H15NO/c23-22-16-6-2-1-5-14(16)9-11-17(22)15-10-12-19-18-7-3-4-8-20(18)24-21(19)13-15/h1-13H,23H2. The number of nitrogens with two attached hydrogens (primary N) is 1. The molecule has 0 bridgehead atoms. The molecule has 1 aromatic heterocycles. The van der Waals surface area contributed by atoms with Crippen LogP contribution in [0.2, 0.25) is 0 Å². The first-order chi connectivity index (χ1) is 11.8. The predicted octanol–water partition coefficient (Wildman–Crippen LogP) is 5.99. The fourth-order valence-corrected chi connectivity index (χ4v) is 3.44. The van der Waals surface area contributed by atoms with Crippen molar-refractivity contribution in [2.24, 2.45) is 0 Å². The Kier molecular flexibility index (Phi) is 2.68. The fraction of sp³-hybridized carbons (Fsp3) is 0. The van der Waals surface area contributed by atoms with Crippen LogP contribution < -0.4 is 5.73 Å². The third kappa shape index (κ3) is 1.83. The molecule has 4 aromatic carbocycles. The Bertz CT molecular complexity index is 1220. The quantitative estimate of drug-likeness (QED) is 0.386. The van der Waals surface area contributed by atoms with Crippen LogP contribution in [0.3, 0.4) is 0 Å². The molecule has 5 rings (SSSR count). The summed E-state index contributed by atoms with van der Waals surface area (Å²) < 4.78 is 6.00. The van der Waals surface area contributed by atoms with Crippen molar-refractivity contribution in [2.45, 2.75) is 0 Å². The second-order valence-electron chi connectivity index (χ2n) is 6.06. The zero-order valence-corrected chi connectivity index (χ0v) is 13.0. The molecule has 0 aliphatic rings. The number of para-hydroxylation sites is 1. The number of anilines is 1. The average Bonchev–Trinajstić information content (AvgIpc) is 3.00.